The Labute approximate surface area is 436 Å². The highest BCUT2D eigenvalue weighted by Crippen LogP contribution is 2.20. The van der Waals surface area contributed by atoms with E-state index >= 15 is 0 Å². The van der Waals surface area contributed by atoms with E-state index in [0.717, 1.165) is 32.1 Å². The quantitative estimate of drug-likeness (QED) is 0.0381. The number of aliphatic carboxylic acids is 2. The molecular formula is C54H97N7O12. The van der Waals surface area contributed by atoms with E-state index in [2.05, 4.69) is 51.1 Å². The molecule has 1 fully saturated rings. The average molecular weight is 1040 g/mol. The van der Waals surface area contributed by atoms with Crippen LogP contribution in [0.2, 0.25) is 0 Å². The highest BCUT2D eigenvalue weighted by atomic mass is 16.5. The highest BCUT2D eigenvalue weighted by Gasteiger charge is 2.37. The van der Waals surface area contributed by atoms with Crippen LogP contribution in [-0.2, 0) is 47.9 Å². The van der Waals surface area contributed by atoms with Gasteiger partial charge >= 0.3 is 17.9 Å². The Balaban J connectivity index is 3.93. The zero-order chi connectivity index (χ0) is 55.4. The Hall–Kier alpha value is -4.81. The first kappa shape index (κ1) is 66.2. The fourth-order valence-electron chi connectivity index (χ4n) is 8.88. The Kier molecular flexibility index (Phi) is 32.1. The van der Waals surface area contributed by atoms with Crippen molar-refractivity contribution in [3.8, 4) is 0 Å². The van der Waals surface area contributed by atoms with Gasteiger partial charge in [0.2, 0.25) is 35.4 Å². The number of hydrogen-bond acceptors (Lipinski definition) is 11. The predicted octanol–water partition coefficient (Wildman–Crippen LogP) is 5.91. The molecule has 1 saturated heterocycles. The maximum Gasteiger partial charge on any atom is 0.329 e. The number of carboxylic acid groups (broad SMARTS) is 2. The number of hydrogen-bond donors (Lipinski definition) is 9. The maximum absolute atomic E-state index is 14.3. The Morgan fingerprint density at radius 1 is 0.521 bits per heavy atom. The van der Waals surface area contributed by atoms with Crippen molar-refractivity contribution in [1.29, 1.82) is 0 Å². The van der Waals surface area contributed by atoms with Crippen molar-refractivity contribution in [3.63, 3.8) is 0 Å². The Bertz CT molecular complexity index is 1740. The summed E-state index contributed by atoms with van der Waals surface area (Å²) in [5.41, 5.74) is 0. The molecule has 6 amide bonds. The lowest BCUT2D eigenvalue weighted by Gasteiger charge is -2.30. The minimum absolute atomic E-state index is 0.0527. The zero-order valence-electron chi connectivity index (χ0n) is 46.5. The van der Waals surface area contributed by atoms with Crippen LogP contribution in [-0.4, -0.2) is 119 Å². The van der Waals surface area contributed by atoms with Crippen molar-refractivity contribution in [3.05, 3.63) is 0 Å². The van der Waals surface area contributed by atoms with Gasteiger partial charge in [0.1, 0.15) is 36.3 Å². The van der Waals surface area contributed by atoms with Crippen LogP contribution in [0.1, 0.15) is 199 Å². The van der Waals surface area contributed by atoms with E-state index in [4.69, 9.17) is 4.74 Å². The lowest BCUT2D eigenvalue weighted by Crippen LogP contribution is -2.59. The molecular weight excluding hydrogens is 939 g/mol. The number of nitrogens with one attached hydrogen (secondary N) is 7. The van der Waals surface area contributed by atoms with Crippen LogP contribution in [0.15, 0.2) is 0 Å². The number of unbranched alkanes of at least 4 members (excludes halogenated alkanes) is 6. The van der Waals surface area contributed by atoms with Crippen molar-refractivity contribution < 1.29 is 58.1 Å². The molecule has 1 aliphatic rings. The van der Waals surface area contributed by atoms with Crippen LogP contribution in [0.3, 0.4) is 0 Å². The Morgan fingerprint density at radius 3 is 1.49 bits per heavy atom. The zero-order valence-corrected chi connectivity index (χ0v) is 46.5. The molecule has 0 aromatic heterocycles. The lowest BCUT2D eigenvalue weighted by atomic mass is 9.97. The Morgan fingerprint density at radius 2 is 0.986 bits per heavy atom. The van der Waals surface area contributed by atoms with Crippen LogP contribution >= 0.6 is 0 Å². The average Bonchev–Trinajstić information content (AvgIpc) is 3.27. The molecule has 9 N–H and O–H groups in total. The predicted molar refractivity (Wildman–Crippen MR) is 281 cm³/mol. The van der Waals surface area contributed by atoms with Gasteiger partial charge in [0, 0.05) is 19.0 Å². The summed E-state index contributed by atoms with van der Waals surface area (Å²) < 4.78 is 6.09. The molecule has 0 bridgehead atoms. The third kappa shape index (κ3) is 29.0. The smallest absolute Gasteiger partial charge is 0.329 e. The van der Waals surface area contributed by atoms with Gasteiger partial charge in [-0.2, -0.15) is 0 Å². The van der Waals surface area contributed by atoms with Crippen molar-refractivity contribution in [2.45, 2.75) is 247 Å². The monoisotopic (exact) mass is 1040 g/mol. The van der Waals surface area contributed by atoms with Crippen LogP contribution in [0, 0.1) is 35.5 Å². The number of carbonyl (C=O) groups is 9. The van der Waals surface area contributed by atoms with Gasteiger partial charge in [-0.25, -0.2) is 4.79 Å². The van der Waals surface area contributed by atoms with Crippen molar-refractivity contribution >= 4 is 53.4 Å². The van der Waals surface area contributed by atoms with Gasteiger partial charge < -0.3 is 52.2 Å². The van der Waals surface area contributed by atoms with E-state index in [1.54, 1.807) is 6.92 Å². The fraction of sp³-hybridized carbons (Fsp3) is 0.833. The third-order valence-corrected chi connectivity index (χ3v) is 13.0. The molecule has 9 atom stereocenters. The normalized spacial score (nSPS) is 24.5. The van der Waals surface area contributed by atoms with Crippen LogP contribution < -0.4 is 37.2 Å². The number of cyclic esters (lactones) is 1. The number of esters is 1. The molecule has 19 heteroatoms. The van der Waals surface area contributed by atoms with Gasteiger partial charge in [-0.05, 0) is 80.5 Å². The second-order valence-corrected chi connectivity index (χ2v) is 22.6. The van der Waals surface area contributed by atoms with Gasteiger partial charge in [0.15, 0.2) is 0 Å². The molecule has 0 aromatic rings. The first-order valence-corrected chi connectivity index (χ1v) is 27.4. The molecule has 73 heavy (non-hydrogen) atoms. The lowest BCUT2D eigenvalue weighted by molar-refractivity contribution is -0.156. The molecule has 0 aliphatic carbocycles. The third-order valence-electron chi connectivity index (χ3n) is 13.0. The first-order chi connectivity index (χ1) is 34.2. The first-order valence-electron chi connectivity index (χ1n) is 27.4. The summed E-state index contributed by atoms with van der Waals surface area (Å²) in [5.74, 6) is -7.85. The summed E-state index contributed by atoms with van der Waals surface area (Å²) >= 11 is 0. The molecule has 420 valence electrons. The summed E-state index contributed by atoms with van der Waals surface area (Å²) in [7, 11) is 0. The molecule has 0 saturated carbocycles. The molecule has 0 radical (unpaired) electrons. The molecule has 1 aliphatic heterocycles. The van der Waals surface area contributed by atoms with Crippen LogP contribution in [0.25, 0.3) is 0 Å². The maximum atomic E-state index is 14.3. The van der Waals surface area contributed by atoms with E-state index in [1.807, 2.05) is 62.3 Å². The largest absolute Gasteiger partial charge is 0.481 e. The summed E-state index contributed by atoms with van der Waals surface area (Å²) in [4.78, 5) is 123. The molecule has 0 aromatic carbocycles. The van der Waals surface area contributed by atoms with Crippen LogP contribution in [0.5, 0.6) is 0 Å². The van der Waals surface area contributed by atoms with Crippen LogP contribution in [0.4, 0.5) is 0 Å². The van der Waals surface area contributed by atoms with E-state index < -0.39 is 121 Å². The molecule has 5 unspecified atom stereocenters. The minimum Gasteiger partial charge on any atom is -0.481 e. The van der Waals surface area contributed by atoms with Gasteiger partial charge in [0.05, 0.1) is 18.9 Å². The number of rotatable bonds is 25. The molecule has 0 spiro atoms. The fourth-order valence-corrected chi connectivity index (χ4v) is 8.88. The van der Waals surface area contributed by atoms with Crippen molar-refractivity contribution in [2.24, 2.45) is 35.5 Å². The molecule has 1 rings (SSSR count). The standard InChI is InChI=1S/C54H97N7O12/c1-13-37(12)48-54(72)73-39(22-20-18-16-14-15-17-19-21-32(2)3)29-45(62)57-40(23-24-46(63)64)49(67)58-42(27-35(8)9)51(69)56-38(25-33(4)5)31-55-41(26-34(6)7)50(68)60-44(30-47(65)66)52(70)59-43(28-36(10)11)53(71)61-48/h32-44,48,55H,13-31H2,1-12H3,(H,56,69)(H,57,62)(H,58,67)(H,59,70)(H,60,68)(H,61,71)(H,63,64)(H,65,66)/t37-,38?,39?,40?,41?,42-,43?,44-,48-/m0/s1. The number of carboxylic acids is 2. The summed E-state index contributed by atoms with van der Waals surface area (Å²) in [5, 5.41) is 39.3. The van der Waals surface area contributed by atoms with E-state index in [-0.39, 0.29) is 68.7 Å². The summed E-state index contributed by atoms with van der Waals surface area (Å²) in [6.45, 7) is 23.1. The topological polar surface area (TPSA) is 288 Å². The second-order valence-electron chi connectivity index (χ2n) is 22.6. The number of carbonyl (C=O) groups excluding carboxylic acids is 7. The van der Waals surface area contributed by atoms with E-state index in [1.165, 1.54) is 12.8 Å². The van der Waals surface area contributed by atoms with Crippen molar-refractivity contribution in [2.75, 3.05) is 6.54 Å². The summed E-state index contributed by atoms with van der Waals surface area (Å²) in [6.07, 6.45) is 6.57. The molecule has 19 nitrogen and oxygen atoms in total. The minimum atomic E-state index is -1.60. The summed E-state index contributed by atoms with van der Waals surface area (Å²) in [6, 6.07) is -8.13. The van der Waals surface area contributed by atoms with E-state index in [9.17, 15) is 53.4 Å². The highest BCUT2D eigenvalue weighted by molar-refractivity contribution is 5.96. The van der Waals surface area contributed by atoms with E-state index in [0.29, 0.717) is 25.2 Å². The van der Waals surface area contributed by atoms with Gasteiger partial charge in [-0.15, -0.1) is 0 Å². The van der Waals surface area contributed by atoms with Crippen molar-refractivity contribution in [1.82, 2.24) is 37.2 Å². The second kappa shape index (κ2) is 35.4. The SMILES string of the molecule is CC[C@H](C)[C@@H]1NC(=O)C(CC(C)C)NC(=O)[C@H](CC(=O)O)NC(=O)C(CC(C)C)NCC(CC(C)C)NC(=O)[C@H](CC(C)C)NC(=O)C(CCC(=O)O)NC(=O)CC(CCCCCCCCCC(C)C)OC1=O. The number of ether oxygens (including phenoxy) is 1. The number of amides is 6. The molecule has 1 heterocycles. The van der Waals surface area contributed by atoms with Gasteiger partial charge in [-0.1, -0.05) is 134 Å². The van der Waals surface area contributed by atoms with Gasteiger partial charge in [0.25, 0.3) is 0 Å². The van der Waals surface area contributed by atoms with Gasteiger partial charge in [-0.3, -0.25) is 38.4 Å².